The van der Waals surface area contributed by atoms with Crippen molar-refractivity contribution >= 4 is 27.5 Å². The van der Waals surface area contributed by atoms with Gasteiger partial charge >= 0.3 is 0 Å². The molecule has 2 aliphatic carbocycles. The van der Waals surface area contributed by atoms with E-state index in [-0.39, 0.29) is 17.6 Å². The Balaban J connectivity index is 1.75. The number of benzene rings is 1. The van der Waals surface area contributed by atoms with Gasteiger partial charge in [0.15, 0.2) is 0 Å². The monoisotopic (exact) mass is 325 g/mol. The summed E-state index contributed by atoms with van der Waals surface area (Å²) in [6.45, 7) is 1.88. The van der Waals surface area contributed by atoms with Crippen LogP contribution in [0.4, 0.5) is 10.1 Å². The molecule has 1 N–H and O–H groups in total. The highest BCUT2D eigenvalue weighted by Gasteiger charge is 2.43. The molecule has 1 aromatic carbocycles. The SMILES string of the molecule is Cc1cc(Br)c(F)cc1NC(=O)C1CC2CCC1C2. The molecule has 102 valence electrons. The van der Waals surface area contributed by atoms with Crippen LogP contribution in [0.3, 0.4) is 0 Å². The van der Waals surface area contributed by atoms with Gasteiger partial charge in [0.05, 0.1) is 4.47 Å². The molecule has 2 fully saturated rings. The van der Waals surface area contributed by atoms with Crippen molar-refractivity contribution in [2.75, 3.05) is 5.32 Å². The van der Waals surface area contributed by atoms with E-state index in [1.54, 1.807) is 6.07 Å². The molecule has 0 aromatic heterocycles. The molecule has 0 saturated heterocycles. The molecule has 4 heteroatoms. The standard InChI is InChI=1S/C15H17BrFNO/c1-8-4-12(16)13(17)7-14(8)18-15(19)11-6-9-2-3-10(11)5-9/h4,7,9-11H,2-3,5-6H2,1H3,(H,18,19). The topological polar surface area (TPSA) is 29.1 Å². The second-order valence-corrected chi connectivity index (χ2v) is 6.71. The maximum absolute atomic E-state index is 13.5. The molecule has 2 aliphatic rings. The third kappa shape index (κ3) is 2.42. The zero-order valence-corrected chi connectivity index (χ0v) is 12.5. The van der Waals surface area contributed by atoms with Crippen LogP contribution in [0, 0.1) is 30.5 Å². The van der Waals surface area contributed by atoms with Gasteiger partial charge in [-0.3, -0.25) is 4.79 Å². The molecule has 19 heavy (non-hydrogen) atoms. The Labute approximate surface area is 120 Å². The molecule has 0 radical (unpaired) electrons. The van der Waals surface area contributed by atoms with E-state index in [1.807, 2.05) is 6.92 Å². The van der Waals surface area contributed by atoms with E-state index >= 15 is 0 Å². The minimum absolute atomic E-state index is 0.0667. The zero-order valence-electron chi connectivity index (χ0n) is 10.9. The normalized spacial score (nSPS) is 28.7. The van der Waals surface area contributed by atoms with Crippen molar-refractivity contribution in [1.29, 1.82) is 0 Å². The van der Waals surface area contributed by atoms with Gasteiger partial charge in [0.1, 0.15) is 5.82 Å². The van der Waals surface area contributed by atoms with Gasteiger partial charge in [-0.05, 0) is 71.6 Å². The third-order valence-electron chi connectivity index (χ3n) is 4.60. The fourth-order valence-electron chi connectivity index (χ4n) is 3.57. The summed E-state index contributed by atoms with van der Waals surface area (Å²) in [4.78, 5) is 12.3. The molecule has 2 saturated carbocycles. The summed E-state index contributed by atoms with van der Waals surface area (Å²) in [5, 5.41) is 2.91. The summed E-state index contributed by atoms with van der Waals surface area (Å²) in [5.41, 5.74) is 1.47. The van der Waals surface area contributed by atoms with E-state index < -0.39 is 0 Å². The predicted octanol–water partition coefficient (Wildman–Crippen LogP) is 4.27. The number of rotatable bonds is 2. The smallest absolute Gasteiger partial charge is 0.227 e. The highest BCUT2D eigenvalue weighted by atomic mass is 79.9. The van der Waals surface area contributed by atoms with Crippen LogP contribution >= 0.6 is 15.9 Å². The summed E-state index contributed by atoms with van der Waals surface area (Å²) >= 11 is 3.15. The zero-order chi connectivity index (χ0) is 13.6. The molecule has 1 aromatic rings. The van der Waals surface area contributed by atoms with Gasteiger partial charge in [0.2, 0.25) is 5.91 Å². The maximum atomic E-state index is 13.5. The van der Waals surface area contributed by atoms with Crippen molar-refractivity contribution in [3.63, 3.8) is 0 Å². The van der Waals surface area contributed by atoms with Crippen LogP contribution < -0.4 is 5.32 Å². The lowest BCUT2D eigenvalue weighted by atomic mass is 9.88. The van der Waals surface area contributed by atoms with Crippen LogP contribution in [0.25, 0.3) is 0 Å². The molecule has 1 amide bonds. The summed E-state index contributed by atoms with van der Waals surface area (Å²) in [5.74, 6) is 1.14. The molecule has 0 spiro atoms. The Hall–Kier alpha value is -0.900. The molecular formula is C15H17BrFNO. The Morgan fingerprint density at radius 3 is 2.79 bits per heavy atom. The van der Waals surface area contributed by atoms with Gasteiger partial charge in [-0.15, -0.1) is 0 Å². The van der Waals surface area contributed by atoms with Crippen LogP contribution in [0.1, 0.15) is 31.2 Å². The molecule has 0 heterocycles. The number of amides is 1. The lowest BCUT2D eigenvalue weighted by Crippen LogP contribution is -2.27. The fourth-order valence-corrected chi connectivity index (χ4v) is 4.03. The number of anilines is 1. The number of halogens is 2. The Bertz CT molecular complexity index is 531. The molecule has 0 aliphatic heterocycles. The number of nitrogens with one attached hydrogen (secondary N) is 1. The van der Waals surface area contributed by atoms with Crippen LogP contribution in [0.15, 0.2) is 16.6 Å². The minimum Gasteiger partial charge on any atom is -0.325 e. The minimum atomic E-state index is -0.339. The Morgan fingerprint density at radius 2 is 2.16 bits per heavy atom. The van der Waals surface area contributed by atoms with E-state index in [4.69, 9.17) is 0 Å². The predicted molar refractivity (Wildman–Crippen MR) is 76.4 cm³/mol. The van der Waals surface area contributed by atoms with E-state index in [1.165, 1.54) is 25.3 Å². The fraction of sp³-hybridized carbons (Fsp3) is 0.533. The van der Waals surface area contributed by atoms with Crippen molar-refractivity contribution < 1.29 is 9.18 Å². The number of hydrogen-bond acceptors (Lipinski definition) is 1. The van der Waals surface area contributed by atoms with Gasteiger partial charge in [-0.1, -0.05) is 6.42 Å². The maximum Gasteiger partial charge on any atom is 0.227 e. The lowest BCUT2D eigenvalue weighted by Gasteiger charge is -2.21. The quantitative estimate of drug-likeness (QED) is 0.864. The largest absolute Gasteiger partial charge is 0.325 e. The van der Waals surface area contributed by atoms with Gasteiger partial charge in [0, 0.05) is 11.6 Å². The first-order chi connectivity index (χ1) is 9.04. The van der Waals surface area contributed by atoms with E-state index in [0.717, 1.165) is 17.9 Å². The number of carbonyl (C=O) groups is 1. The van der Waals surface area contributed by atoms with Crippen molar-refractivity contribution in [3.05, 3.63) is 28.0 Å². The van der Waals surface area contributed by atoms with Crippen molar-refractivity contribution in [2.24, 2.45) is 17.8 Å². The highest BCUT2D eigenvalue weighted by molar-refractivity contribution is 9.10. The van der Waals surface area contributed by atoms with Crippen LogP contribution in [0.2, 0.25) is 0 Å². The highest BCUT2D eigenvalue weighted by Crippen LogP contribution is 2.48. The van der Waals surface area contributed by atoms with Crippen molar-refractivity contribution in [1.82, 2.24) is 0 Å². The number of fused-ring (bicyclic) bond motifs is 2. The van der Waals surface area contributed by atoms with Gasteiger partial charge in [-0.2, -0.15) is 0 Å². The van der Waals surface area contributed by atoms with Crippen LogP contribution in [-0.2, 0) is 4.79 Å². The van der Waals surface area contributed by atoms with E-state index in [2.05, 4.69) is 21.2 Å². The first-order valence-corrected chi connectivity index (χ1v) is 7.60. The second-order valence-electron chi connectivity index (χ2n) is 5.85. The Kier molecular flexibility index (Phi) is 3.37. The lowest BCUT2D eigenvalue weighted by molar-refractivity contribution is -0.121. The van der Waals surface area contributed by atoms with E-state index in [0.29, 0.717) is 16.1 Å². The molecule has 3 atom stereocenters. The molecule has 3 unspecified atom stereocenters. The third-order valence-corrected chi connectivity index (χ3v) is 5.21. The number of aryl methyl sites for hydroxylation is 1. The second kappa shape index (κ2) is 4.89. The summed E-state index contributed by atoms with van der Waals surface area (Å²) in [6.07, 6.45) is 4.66. The summed E-state index contributed by atoms with van der Waals surface area (Å²) < 4.78 is 14.0. The summed E-state index contributed by atoms with van der Waals surface area (Å²) in [7, 11) is 0. The van der Waals surface area contributed by atoms with Crippen molar-refractivity contribution in [2.45, 2.75) is 32.6 Å². The van der Waals surface area contributed by atoms with Gasteiger partial charge in [0.25, 0.3) is 0 Å². The van der Waals surface area contributed by atoms with E-state index in [9.17, 15) is 9.18 Å². The number of carbonyl (C=O) groups excluding carboxylic acids is 1. The van der Waals surface area contributed by atoms with Crippen LogP contribution in [0.5, 0.6) is 0 Å². The first kappa shape index (κ1) is 13.1. The van der Waals surface area contributed by atoms with Gasteiger partial charge < -0.3 is 5.32 Å². The molecular weight excluding hydrogens is 309 g/mol. The molecule has 2 nitrogen and oxygen atoms in total. The molecule has 3 rings (SSSR count). The molecule has 2 bridgehead atoms. The average molecular weight is 326 g/mol. The number of hydrogen-bond donors (Lipinski definition) is 1. The van der Waals surface area contributed by atoms with Gasteiger partial charge in [-0.25, -0.2) is 4.39 Å². The first-order valence-electron chi connectivity index (χ1n) is 6.81. The average Bonchev–Trinajstić information content (AvgIpc) is 2.98. The van der Waals surface area contributed by atoms with Crippen molar-refractivity contribution in [3.8, 4) is 0 Å². The summed E-state index contributed by atoms with van der Waals surface area (Å²) in [6, 6.07) is 3.09. The van der Waals surface area contributed by atoms with Crippen LogP contribution in [-0.4, -0.2) is 5.91 Å². The Morgan fingerprint density at radius 1 is 1.37 bits per heavy atom.